The third kappa shape index (κ3) is 4.51. The summed E-state index contributed by atoms with van der Waals surface area (Å²) in [6, 6.07) is 4.91. The van der Waals surface area contributed by atoms with Crippen LogP contribution in [-0.4, -0.2) is 25.5 Å². The number of thioether (sulfide) groups is 1. The summed E-state index contributed by atoms with van der Waals surface area (Å²) in [5, 5.41) is 0. The quantitative estimate of drug-likeness (QED) is 0.616. The van der Waals surface area contributed by atoms with Crippen LogP contribution in [0.25, 0.3) is 0 Å². The highest BCUT2D eigenvalue weighted by atomic mass is 32.2. The maximum Gasteiger partial charge on any atom is 0.123 e. The van der Waals surface area contributed by atoms with Gasteiger partial charge in [0.25, 0.3) is 0 Å². The number of benzene rings is 1. The van der Waals surface area contributed by atoms with E-state index in [2.05, 4.69) is 0 Å². The maximum absolute atomic E-state index is 13.1. The summed E-state index contributed by atoms with van der Waals surface area (Å²) in [7, 11) is 1.67. The van der Waals surface area contributed by atoms with Crippen LogP contribution in [0.5, 0.6) is 0 Å². The first-order valence-corrected chi connectivity index (χ1v) is 6.27. The van der Waals surface area contributed by atoms with Gasteiger partial charge in [0.2, 0.25) is 0 Å². The molecule has 16 heavy (non-hydrogen) atoms. The second-order valence-electron chi connectivity index (χ2n) is 3.77. The molecule has 0 amide bonds. The van der Waals surface area contributed by atoms with Crippen LogP contribution in [0, 0.1) is 5.82 Å². The number of hydrogen-bond acceptors (Lipinski definition) is 3. The minimum Gasteiger partial charge on any atom is -0.384 e. The van der Waals surface area contributed by atoms with Crippen molar-refractivity contribution < 1.29 is 9.13 Å². The second kappa shape index (κ2) is 6.89. The zero-order chi connectivity index (χ0) is 12.0. The Morgan fingerprint density at radius 2 is 2.25 bits per heavy atom. The van der Waals surface area contributed by atoms with Crippen molar-refractivity contribution in [1.29, 1.82) is 0 Å². The molecule has 0 spiro atoms. The molecule has 0 saturated heterocycles. The zero-order valence-corrected chi connectivity index (χ0v) is 10.5. The fraction of sp³-hybridized carbons (Fsp3) is 0.500. The van der Waals surface area contributed by atoms with Crippen molar-refractivity contribution in [2.45, 2.75) is 24.3 Å². The Kier molecular flexibility index (Phi) is 5.80. The molecule has 2 N–H and O–H groups in total. The molecule has 0 heterocycles. The molecule has 90 valence electrons. The monoisotopic (exact) mass is 243 g/mol. The molecule has 0 fully saturated rings. The molecule has 1 aromatic rings. The van der Waals surface area contributed by atoms with E-state index >= 15 is 0 Å². The van der Waals surface area contributed by atoms with Crippen LogP contribution < -0.4 is 5.73 Å². The van der Waals surface area contributed by atoms with Gasteiger partial charge in [-0.1, -0.05) is 0 Å². The molecule has 0 radical (unpaired) electrons. The molecule has 0 aliphatic carbocycles. The number of ether oxygens (including phenoxy) is 1. The van der Waals surface area contributed by atoms with Crippen LogP contribution in [0.4, 0.5) is 4.39 Å². The molecule has 0 saturated carbocycles. The number of rotatable bonds is 6. The van der Waals surface area contributed by atoms with E-state index in [9.17, 15) is 4.39 Å². The topological polar surface area (TPSA) is 35.2 Å². The molecular weight excluding hydrogens is 225 g/mol. The van der Waals surface area contributed by atoms with Gasteiger partial charge >= 0.3 is 0 Å². The van der Waals surface area contributed by atoms with Gasteiger partial charge < -0.3 is 10.5 Å². The standard InChI is InChI=1S/C12H18FNOS/c1-9(14)7-10-8-11(13)3-4-12(10)16-6-5-15-2/h3-4,8-9H,5-7,14H2,1-2H3. The van der Waals surface area contributed by atoms with Gasteiger partial charge in [-0.2, -0.15) is 0 Å². The van der Waals surface area contributed by atoms with Crippen LogP contribution in [0.2, 0.25) is 0 Å². The fourth-order valence-corrected chi connectivity index (χ4v) is 2.39. The van der Waals surface area contributed by atoms with Crippen LogP contribution in [0.1, 0.15) is 12.5 Å². The Bertz CT molecular complexity index is 331. The SMILES string of the molecule is COCCSc1ccc(F)cc1CC(C)N. The first-order valence-electron chi connectivity index (χ1n) is 5.29. The van der Waals surface area contributed by atoms with Crippen LogP contribution in [0.3, 0.4) is 0 Å². The van der Waals surface area contributed by atoms with Gasteiger partial charge in [0, 0.05) is 23.8 Å². The largest absolute Gasteiger partial charge is 0.384 e. The van der Waals surface area contributed by atoms with E-state index in [0.29, 0.717) is 13.0 Å². The van der Waals surface area contributed by atoms with Gasteiger partial charge in [-0.05, 0) is 37.1 Å². The average molecular weight is 243 g/mol. The van der Waals surface area contributed by atoms with E-state index in [-0.39, 0.29) is 11.9 Å². The molecule has 1 rings (SSSR count). The Balaban J connectivity index is 2.72. The molecule has 0 aliphatic rings. The summed E-state index contributed by atoms with van der Waals surface area (Å²) < 4.78 is 18.1. The van der Waals surface area contributed by atoms with Crippen molar-refractivity contribution in [3.63, 3.8) is 0 Å². The maximum atomic E-state index is 13.1. The first-order chi connectivity index (χ1) is 7.63. The van der Waals surface area contributed by atoms with Crippen molar-refractivity contribution in [2.24, 2.45) is 5.73 Å². The highest BCUT2D eigenvalue weighted by Gasteiger charge is 2.07. The highest BCUT2D eigenvalue weighted by Crippen LogP contribution is 2.24. The summed E-state index contributed by atoms with van der Waals surface area (Å²) >= 11 is 1.68. The van der Waals surface area contributed by atoms with Crippen molar-refractivity contribution in [2.75, 3.05) is 19.5 Å². The Morgan fingerprint density at radius 3 is 2.88 bits per heavy atom. The zero-order valence-electron chi connectivity index (χ0n) is 9.70. The van der Waals surface area contributed by atoms with E-state index in [1.807, 2.05) is 13.0 Å². The van der Waals surface area contributed by atoms with E-state index in [0.717, 1.165) is 16.2 Å². The van der Waals surface area contributed by atoms with Gasteiger partial charge in [0.1, 0.15) is 5.82 Å². The van der Waals surface area contributed by atoms with E-state index < -0.39 is 0 Å². The number of hydrogen-bond donors (Lipinski definition) is 1. The lowest BCUT2D eigenvalue weighted by atomic mass is 10.1. The molecular formula is C12H18FNOS. The van der Waals surface area contributed by atoms with Crippen LogP contribution in [0.15, 0.2) is 23.1 Å². The number of nitrogens with two attached hydrogens (primary N) is 1. The molecule has 0 bridgehead atoms. The van der Waals surface area contributed by atoms with Crippen LogP contribution >= 0.6 is 11.8 Å². The van der Waals surface area contributed by atoms with Gasteiger partial charge in [-0.15, -0.1) is 11.8 Å². The molecule has 2 nitrogen and oxygen atoms in total. The fourth-order valence-electron chi connectivity index (χ4n) is 1.43. The van der Waals surface area contributed by atoms with Gasteiger partial charge in [-0.25, -0.2) is 4.39 Å². The lowest BCUT2D eigenvalue weighted by molar-refractivity contribution is 0.218. The highest BCUT2D eigenvalue weighted by molar-refractivity contribution is 7.99. The minimum absolute atomic E-state index is 0.0450. The normalized spacial score (nSPS) is 12.8. The van der Waals surface area contributed by atoms with E-state index in [4.69, 9.17) is 10.5 Å². The molecule has 1 aromatic carbocycles. The Hall–Kier alpha value is -0.580. The summed E-state index contributed by atoms with van der Waals surface area (Å²) in [4.78, 5) is 1.09. The van der Waals surface area contributed by atoms with E-state index in [1.165, 1.54) is 6.07 Å². The van der Waals surface area contributed by atoms with Crippen molar-refractivity contribution >= 4 is 11.8 Å². The molecule has 1 unspecified atom stereocenters. The second-order valence-corrected chi connectivity index (χ2v) is 4.91. The third-order valence-corrected chi connectivity index (χ3v) is 3.19. The molecule has 0 aliphatic heterocycles. The summed E-state index contributed by atoms with van der Waals surface area (Å²) in [6.45, 7) is 2.62. The lowest BCUT2D eigenvalue weighted by Crippen LogP contribution is -2.18. The van der Waals surface area contributed by atoms with E-state index in [1.54, 1.807) is 24.9 Å². The molecule has 1 atom stereocenters. The number of methoxy groups -OCH3 is 1. The predicted molar refractivity (Wildman–Crippen MR) is 66.4 cm³/mol. The third-order valence-electron chi connectivity index (χ3n) is 2.11. The summed E-state index contributed by atoms with van der Waals surface area (Å²) in [6.07, 6.45) is 0.701. The predicted octanol–water partition coefficient (Wildman–Crippen LogP) is 2.45. The number of halogens is 1. The first kappa shape index (κ1) is 13.5. The average Bonchev–Trinajstić information content (AvgIpc) is 2.20. The van der Waals surface area contributed by atoms with Gasteiger partial charge in [0.15, 0.2) is 0 Å². The van der Waals surface area contributed by atoms with Gasteiger partial charge in [0.05, 0.1) is 6.61 Å². The van der Waals surface area contributed by atoms with Gasteiger partial charge in [-0.3, -0.25) is 0 Å². The minimum atomic E-state index is -0.202. The van der Waals surface area contributed by atoms with Crippen molar-refractivity contribution in [3.8, 4) is 0 Å². The smallest absolute Gasteiger partial charge is 0.123 e. The summed E-state index contributed by atoms with van der Waals surface area (Å²) in [5.41, 5.74) is 6.72. The lowest BCUT2D eigenvalue weighted by Gasteiger charge is -2.11. The Labute approximate surface area is 100 Å². The summed E-state index contributed by atoms with van der Waals surface area (Å²) in [5.74, 6) is 0.667. The van der Waals surface area contributed by atoms with Crippen molar-refractivity contribution in [1.82, 2.24) is 0 Å². The van der Waals surface area contributed by atoms with Crippen molar-refractivity contribution in [3.05, 3.63) is 29.6 Å². The van der Waals surface area contributed by atoms with Crippen LogP contribution in [-0.2, 0) is 11.2 Å². The molecule has 0 aromatic heterocycles. The molecule has 4 heteroatoms. The Morgan fingerprint density at radius 1 is 1.50 bits per heavy atom.